The van der Waals surface area contributed by atoms with Gasteiger partial charge >= 0.3 is 0 Å². The molecule has 2 nitrogen and oxygen atoms in total. The maximum absolute atomic E-state index is 12.6. The molecule has 80 valence electrons. The van der Waals surface area contributed by atoms with Gasteiger partial charge in [-0.25, -0.2) is 4.39 Å². The van der Waals surface area contributed by atoms with Gasteiger partial charge in [0, 0.05) is 17.4 Å². The van der Waals surface area contributed by atoms with Gasteiger partial charge in [-0.1, -0.05) is 0 Å². The first-order valence-electron chi connectivity index (χ1n) is 4.90. The molecule has 0 spiro atoms. The standard InChI is InChI=1S/C11H12FNOS/c12-9-3-1-8(2-4-9)11(14)13-10-5-6-15-7-10/h1-4,10H,5-7H2,(H,13,14). The summed E-state index contributed by atoms with van der Waals surface area (Å²) in [5.41, 5.74) is 0.522. The van der Waals surface area contributed by atoms with Crippen molar-refractivity contribution >= 4 is 17.7 Å². The molecule has 1 aromatic rings. The lowest BCUT2D eigenvalue weighted by Gasteiger charge is -2.10. The summed E-state index contributed by atoms with van der Waals surface area (Å²) < 4.78 is 12.6. The number of carbonyl (C=O) groups excluding carboxylic acids is 1. The van der Waals surface area contributed by atoms with Crippen molar-refractivity contribution in [2.45, 2.75) is 12.5 Å². The summed E-state index contributed by atoms with van der Waals surface area (Å²) in [6, 6.07) is 5.89. The number of amides is 1. The Balaban J connectivity index is 1.98. The smallest absolute Gasteiger partial charge is 0.251 e. The minimum absolute atomic E-state index is 0.109. The highest BCUT2D eigenvalue weighted by atomic mass is 32.2. The fourth-order valence-corrected chi connectivity index (χ4v) is 2.67. The lowest BCUT2D eigenvalue weighted by molar-refractivity contribution is 0.0941. The fourth-order valence-electron chi connectivity index (χ4n) is 1.52. The molecule has 0 aromatic heterocycles. The Bertz CT molecular complexity index is 346. The van der Waals surface area contributed by atoms with E-state index in [9.17, 15) is 9.18 Å². The van der Waals surface area contributed by atoms with E-state index in [0.29, 0.717) is 5.56 Å². The van der Waals surface area contributed by atoms with Crippen LogP contribution < -0.4 is 5.32 Å². The molecule has 15 heavy (non-hydrogen) atoms. The zero-order chi connectivity index (χ0) is 10.7. The largest absolute Gasteiger partial charge is 0.348 e. The first-order valence-corrected chi connectivity index (χ1v) is 6.05. The Kier molecular flexibility index (Phi) is 3.26. The van der Waals surface area contributed by atoms with Crippen molar-refractivity contribution in [2.75, 3.05) is 11.5 Å². The van der Waals surface area contributed by atoms with Crippen LogP contribution in [0.25, 0.3) is 0 Å². The summed E-state index contributed by atoms with van der Waals surface area (Å²) in [4.78, 5) is 11.7. The number of rotatable bonds is 2. The molecule has 1 heterocycles. The zero-order valence-corrected chi connectivity index (χ0v) is 9.02. The molecule has 4 heteroatoms. The van der Waals surface area contributed by atoms with Crippen molar-refractivity contribution in [3.05, 3.63) is 35.6 Å². The summed E-state index contributed by atoms with van der Waals surface area (Å²) >= 11 is 1.85. The van der Waals surface area contributed by atoms with E-state index in [2.05, 4.69) is 5.32 Å². The number of halogens is 1. The summed E-state index contributed by atoms with van der Waals surface area (Å²) in [5, 5.41) is 2.93. The molecule has 0 bridgehead atoms. The molecule has 1 aromatic carbocycles. The summed E-state index contributed by atoms with van der Waals surface area (Å²) in [5.74, 6) is 1.66. The van der Waals surface area contributed by atoms with Crippen LogP contribution in [0.15, 0.2) is 24.3 Å². The Morgan fingerprint density at radius 3 is 2.73 bits per heavy atom. The molecule has 1 atom stereocenters. The van der Waals surface area contributed by atoms with Gasteiger partial charge in [0.2, 0.25) is 0 Å². The number of benzene rings is 1. The van der Waals surface area contributed by atoms with Gasteiger partial charge in [0.15, 0.2) is 0 Å². The number of nitrogens with one attached hydrogen (secondary N) is 1. The average Bonchev–Trinajstić information content (AvgIpc) is 2.71. The van der Waals surface area contributed by atoms with Gasteiger partial charge in [-0.3, -0.25) is 4.79 Å². The van der Waals surface area contributed by atoms with Gasteiger partial charge in [0.1, 0.15) is 5.82 Å². The normalized spacial score (nSPS) is 20.2. The van der Waals surface area contributed by atoms with Gasteiger partial charge in [0.05, 0.1) is 0 Å². The number of hydrogen-bond acceptors (Lipinski definition) is 2. The van der Waals surface area contributed by atoms with Crippen LogP contribution in [-0.2, 0) is 0 Å². The van der Waals surface area contributed by atoms with Crippen molar-refractivity contribution in [1.82, 2.24) is 5.32 Å². The highest BCUT2D eigenvalue weighted by Gasteiger charge is 2.18. The number of thioether (sulfide) groups is 1. The Morgan fingerprint density at radius 1 is 1.40 bits per heavy atom. The Labute approximate surface area is 92.3 Å². The van der Waals surface area contributed by atoms with Gasteiger partial charge < -0.3 is 5.32 Å². The highest BCUT2D eigenvalue weighted by Crippen LogP contribution is 2.17. The monoisotopic (exact) mass is 225 g/mol. The average molecular weight is 225 g/mol. The van der Waals surface area contributed by atoms with Crippen LogP contribution in [0.2, 0.25) is 0 Å². The Morgan fingerprint density at radius 2 is 2.13 bits per heavy atom. The topological polar surface area (TPSA) is 29.1 Å². The minimum atomic E-state index is -0.317. The minimum Gasteiger partial charge on any atom is -0.348 e. The Hall–Kier alpha value is -1.03. The SMILES string of the molecule is O=C(NC1CCSC1)c1ccc(F)cc1. The van der Waals surface area contributed by atoms with Gasteiger partial charge in [-0.15, -0.1) is 0 Å². The molecule has 1 amide bonds. The lowest BCUT2D eigenvalue weighted by atomic mass is 10.2. The maximum atomic E-state index is 12.6. The third-order valence-corrected chi connectivity index (χ3v) is 3.53. The van der Waals surface area contributed by atoms with Gasteiger partial charge in [0.25, 0.3) is 5.91 Å². The summed E-state index contributed by atoms with van der Waals surface area (Å²) in [7, 11) is 0. The lowest BCUT2D eigenvalue weighted by Crippen LogP contribution is -2.34. The van der Waals surface area contributed by atoms with Crippen LogP contribution in [0.4, 0.5) is 4.39 Å². The molecule has 1 aliphatic heterocycles. The second-order valence-corrected chi connectivity index (χ2v) is 4.69. The van der Waals surface area contributed by atoms with E-state index >= 15 is 0 Å². The molecule has 0 radical (unpaired) electrons. The van der Waals surface area contributed by atoms with Crippen LogP contribution in [0.5, 0.6) is 0 Å². The predicted molar refractivity (Wildman–Crippen MR) is 59.6 cm³/mol. The molecule has 2 rings (SSSR count). The molecule has 1 aliphatic rings. The van der Waals surface area contributed by atoms with Crippen LogP contribution in [-0.4, -0.2) is 23.5 Å². The van der Waals surface area contributed by atoms with E-state index in [1.807, 2.05) is 11.8 Å². The van der Waals surface area contributed by atoms with E-state index in [1.54, 1.807) is 0 Å². The first kappa shape index (κ1) is 10.5. The van der Waals surface area contributed by atoms with Crippen molar-refractivity contribution in [3.63, 3.8) is 0 Å². The number of carbonyl (C=O) groups is 1. The second kappa shape index (κ2) is 4.66. The van der Waals surface area contributed by atoms with Crippen molar-refractivity contribution < 1.29 is 9.18 Å². The summed E-state index contributed by atoms with van der Waals surface area (Å²) in [6.45, 7) is 0. The molecule has 1 fully saturated rings. The van der Waals surface area contributed by atoms with E-state index < -0.39 is 0 Å². The van der Waals surface area contributed by atoms with E-state index in [-0.39, 0.29) is 17.8 Å². The predicted octanol–water partition coefficient (Wildman–Crippen LogP) is 2.06. The molecular weight excluding hydrogens is 213 g/mol. The fraction of sp³-hybridized carbons (Fsp3) is 0.364. The zero-order valence-electron chi connectivity index (χ0n) is 8.20. The van der Waals surface area contributed by atoms with Crippen molar-refractivity contribution in [3.8, 4) is 0 Å². The van der Waals surface area contributed by atoms with Crippen molar-refractivity contribution in [2.24, 2.45) is 0 Å². The van der Waals surface area contributed by atoms with E-state index in [0.717, 1.165) is 17.9 Å². The van der Waals surface area contributed by atoms with Gasteiger partial charge in [-0.2, -0.15) is 11.8 Å². The molecular formula is C11H12FNOS. The highest BCUT2D eigenvalue weighted by molar-refractivity contribution is 7.99. The summed E-state index contributed by atoms with van der Waals surface area (Å²) in [6.07, 6.45) is 1.03. The molecule has 0 aliphatic carbocycles. The van der Waals surface area contributed by atoms with Gasteiger partial charge in [-0.05, 0) is 36.4 Å². The maximum Gasteiger partial charge on any atom is 0.251 e. The molecule has 1 saturated heterocycles. The quantitative estimate of drug-likeness (QED) is 0.834. The van der Waals surface area contributed by atoms with E-state index in [4.69, 9.17) is 0 Å². The van der Waals surface area contributed by atoms with Crippen LogP contribution in [0, 0.1) is 5.82 Å². The van der Waals surface area contributed by atoms with Crippen LogP contribution >= 0.6 is 11.8 Å². The molecule has 1 unspecified atom stereocenters. The first-order chi connectivity index (χ1) is 7.25. The number of hydrogen-bond donors (Lipinski definition) is 1. The second-order valence-electron chi connectivity index (χ2n) is 3.54. The van der Waals surface area contributed by atoms with Crippen LogP contribution in [0.3, 0.4) is 0 Å². The van der Waals surface area contributed by atoms with Crippen LogP contribution in [0.1, 0.15) is 16.8 Å². The molecule has 1 N–H and O–H groups in total. The molecule has 0 saturated carbocycles. The van der Waals surface area contributed by atoms with E-state index in [1.165, 1.54) is 24.3 Å². The van der Waals surface area contributed by atoms with Crippen molar-refractivity contribution in [1.29, 1.82) is 0 Å². The third-order valence-electron chi connectivity index (χ3n) is 2.37. The third kappa shape index (κ3) is 2.72.